The Morgan fingerprint density at radius 1 is 1.32 bits per heavy atom. The summed E-state index contributed by atoms with van der Waals surface area (Å²) in [5.74, 6) is -2.04. The van der Waals surface area contributed by atoms with E-state index >= 15 is 0 Å². The van der Waals surface area contributed by atoms with Crippen molar-refractivity contribution < 1.29 is 23.5 Å². The molecule has 0 aliphatic carbocycles. The lowest BCUT2D eigenvalue weighted by Crippen LogP contribution is -2.24. The maximum atomic E-state index is 13.6. The van der Waals surface area contributed by atoms with E-state index in [0.717, 1.165) is 6.08 Å². The van der Waals surface area contributed by atoms with Gasteiger partial charge in [-0.25, -0.2) is 14.0 Å². The molecule has 1 aliphatic heterocycles. The molecule has 1 heterocycles. The van der Waals surface area contributed by atoms with Gasteiger partial charge in [-0.1, -0.05) is 6.07 Å². The van der Waals surface area contributed by atoms with E-state index in [1.165, 1.54) is 31.4 Å². The number of hydrogen-bond acceptors (Lipinski definition) is 6. The van der Waals surface area contributed by atoms with Crippen LogP contribution >= 0.6 is 0 Å². The molecular weight excluding hydrogens is 255 g/mol. The van der Waals surface area contributed by atoms with E-state index in [9.17, 15) is 14.0 Å². The van der Waals surface area contributed by atoms with Gasteiger partial charge in [-0.05, 0) is 18.2 Å². The molecule has 7 heteroatoms. The Morgan fingerprint density at radius 2 is 2.11 bits per heavy atom. The number of anilines is 1. The Morgan fingerprint density at radius 3 is 2.79 bits per heavy atom. The van der Waals surface area contributed by atoms with Crippen LogP contribution < -0.4 is 10.2 Å². The summed E-state index contributed by atoms with van der Waals surface area (Å²) in [6, 6.07) is 4.22. The van der Waals surface area contributed by atoms with E-state index in [-0.39, 0.29) is 17.1 Å². The molecule has 98 valence electrons. The number of para-hydroxylation sites is 1. The minimum atomic E-state index is -0.907. The minimum absolute atomic E-state index is 0.0180. The highest BCUT2D eigenvalue weighted by molar-refractivity contribution is 6.44. The van der Waals surface area contributed by atoms with Crippen LogP contribution in [0.4, 0.5) is 10.1 Å². The van der Waals surface area contributed by atoms with Gasteiger partial charge in [-0.2, -0.15) is 5.10 Å². The number of benzene rings is 1. The van der Waals surface area contributed by atoms with Gasteiger partial charge in [0, 0.05) is 6.08 Å². The molecule has 0 unspecified atom stereocenters. The standard InChI is InChI=1S/C12H9FN2O4/c1-18-9-4-2-3-7(13)11(9)15-14-8-5-6-10(16)19-12(8)17/h2-6,15H,1H3/b14-8-. The third kappa shape index (κ3) is 2.76. The topological polar surface area (TPSA) is 77.0 Å². The SMILES string of the molecule is COc1cccc(F)c1N/N=C1/C=CC(=O)OC1=O. The van der Waals surface area contributed by atoms with Gasteiger partial charge < -0.3 is 9.47 Å². The Hall–Kier alpha value is -2.70. The maximum absolute atomic E-state index is 13.6. The van der Waals surface area contributed by atoms with Crippen molar-refractivity contribution >= 4 is 23.3 Å². The summed E-state index contributed by atoms with van der Waals surface area (Å²) in [4.78, 5) is 22.0. The number of carbonyl (C=O) groups is 2. The molecule has 0 aromatic heterocycles. The number of esters is 2. The summed E-state index contributed by atoms with van der Waals surface area (Å²) in [6.07, 6.45) is 2.22. The summed E-state index contributed by atoms with van der Waals surface area (Å²) < 4.78 is 22.8. The fourth-order valence-corrected chi connectivity index (χ4v) is 1.37. The van der Waals surface area contributed by atoms with E-state index in [2.05, 4.69) is 15.3 Å². The van der Waals surface area contributed by atoms with Crippen molar-refractivity contribution in [2.45, 2.75) is 0 Å². The highest BCUT2D eigenvalue weighted by Gasteiger charge is 2.19. The molecule has 0 saturated carbocycles. The number of methoxy groups -OCH3 is 1. The van der Waals surface area contributed by atoms with Crippen molar-refractivity contribution in [3.8, 4) is 5.75 Å². The van der Waals surface area contributed by atoms with Crippen LogP contribution in [0.25, 0.3) is 0 Å². The van der Waals surface area contributed by atoms with Crippen LogP contribution in [0.5, 0.6) is 5.75 Å². The van der Waals surface area contributed by atoms with Gasteiger partial charge in [0.15, 0.2) is 11.5 Å². The van der Waals surface area contributed by atoms with Gasteiger partial charge in [0.1, 0.15) is 11.4 Å². The Kier molecular flexibility index (Phi) is 3.56. The number of halogens is 1. The molecule has 6 nitrogen and oxygen atoms in total. The second kappa shape index (κ2) is 5.30. The highest BCUT2D eigenvalue weighted by atomic mass is 19.1. The lowest BCUT2D eigenvalue weighted by Gasteiger charge is -2.10. The van der Waals surface area contributed by atoms with E-state index in [4.69, 9.17) is 4.74 Å². The van der Waals surface area contributed by atoms with Gasteiger partial charge in [0.05, 0.1) is 7.11 Å². The van der Waals surface area contributed by atoms with Gasteiger partial charge in [0.25, 0.3) is 0 Å². The minimum Gasteiger partial charge on any atom is -0.494 e. The fourth-order valence-electron chi connectivity index (χ4n) is 1.37. The Bertz CT molecular complexity index is 595. The zero-order valence-electron chi connectivity index (χ0n) is 9.84. The third-order valence-corrected chi connectivity index (χ3v) is 2.26. The first-order valence-electron chi connectivity index (χ1n) is 5.22. The summed E-state index contributed by atoms with van der Waals surface area (Å²) in [5.41, 5.74) is 2.21. The second-order valence-electron chi connectivity index (χ2n) is 3.47. The number of ether oxygens (including phenoxy) is 2. The van der Waals surface area contributed by atoms with E-state index in [1.807, 2.05) is 0 Å². The van der Waals surface area contributed by atoms with Crippen LogP contribution in [0.3, 0.4) is 0 Å². The largest absolute Gasteiger partial charge is 0.494 e. The lowest BCUT2D eigenvalue weighted by molar-refractivity contribution is -0.151. The van der Waals surface area contributed by atoms with Gasteiger partial charge in [-0.3, -0.25) is 5.43 Å². The van der Waals surface area contributed by atoms with Crippen molar-refractivity contribution in [3.05, 3.63) is 36.2 Å². The Balaban J connectivity index is 2.25. The normalized spacial score (nSPS) is 16.4. The molecule has 1 aliphatic rings. The maximum Gasteiger partial charge on any atom is 0.366 e. The number of hydrogen-bond donors (Lipinski definition) is 1. The van der Waals surface area contributed by atoms with Crippen LogP contribution in [0, 0.1) is 5.82 Å². The van der Waals surface area contributed by atoms with Gasteiger partial charge in [-0.15, -0.1) is 0 Å². The predicted octanol–water partition coefficient (Wildman–Crippen LogP) is 1.24. The molecule has 19 heavy (non-hydrogen) atoms. The number of rotatable bonds is 3. The first kappa shape index (κ1) is 12.7. The number of cyclic esters (lactones) is 2. The molecule has 0 fully saturated rings. The Labute approximate surface area is 107 Å². The quantitative estimate of drug-likeness (QED) is 0.505. The number of hydrazone groups is 1. The predicted molar refractivity (Wildman–Crippen MR) is 64.2 cm³/mol. The first-order chi connectivity index (χ1) is 9.11. The molecule has 1 aromatic carbocycles. The van der Waals surface area contributed by atoms with Crippen molar-refractivity contribution in [1.82, 2.24) is 0 Å². The summed E-state index contributed by atoms with van der Waals surface area (Å²) in [7, 11) is 1.38. The monoisotopic (exact) mass is 264 g/mol. The van der Waals surface area contributed by atoms with Crippen LogP contribution in [0.15, 0.2) is 35.5 Å². The number of nitrogens with zero attached hydrogens (tertiary/aromatic N) is 1. The van der Waals surface area contributed by atoms with Gasteiger partial charge in [0.2, 0.25) is 0 Å². The van der Waals surface area contributed by atoms with Crippen molar-refractivity contribution in [3.63, 3.8) is 0 Å². The van der Waals surface area contributed by atoms with E-state index in [1.54, 1.807) is 0 Å². The molecule has 0 atom stereocenters. The van der Waals surface area contributed by atoms with Crippen LogP contribution in [-0.4, -0.2) is 24.8 Å². The summed E-state index contributed by atoms with van der Waals surface area (Å²) >= 11 is 0. The van der Waals surface area contributed by atoms with Crippen molar-refractivity contribution in [2.24, 2.45) is 5.10 Å². The highest BCUT2D eigenvalue weighted by Crippen LogP contribution is 2.26. The average molecular weight is 264 g/mol. The first-order valence-corrected chi connectivity index (χ1v) is 5.22. The van der Waals surface area contributed by atoms with Crippen LogP contribution in [-0.2, 0) is 14.3 Å². The molecule has 0 spiro atoms. The molecule has 0 bridgehead atoms. The lowest BCUT2D eigenvalue weighted by atomic mass is 10.3. The molecule has 1 N–H and O–H groups in total. The van der Waals surface area contributed by atoms with Crippen molar-refractivity contribution in [1.29, 1.82) is 0 Å². The molecule has 0 radical (unpaired) electrons. The van der Waals surface area contributed by atoms with Crippen LogP contribution in [0.2, 0.25) is 0 Å². The number of nitrogens with one attached hydrogen (secondary N) is 1. The van der Waals surface area contributed by atoms with Crippen LogP contribution in [0.1, 0.15) is 0 Å². The summed E-state index contributed by atoms with van der Waals surface area (Å²) in [6.45, 7) is 0. The number of carbonyl (C=O) groups excluding carboxylic acids is 2. The molecular formula is C12H9FN2O4. The average Bonchev–Trinajstić information content (AvgIpc) is 2.39. The van der Waals surface area contributed by atoms with E-state index in [0.29, 0.717) is 0 Å². The van der Waals surface area contributed by atoms with Gasteiger partial charge >= 0.3 is 11.9 Å². The molecule has 0 saturated heterocycles. The molecule has 0 amide bonds. The smallest absolute Gasteiger partial charge is 0.366 e. The van der Waals surface area contributed by atoms with E-state index < -0.39 is 17.8 Å². The second-order valence-corrected chi connectivity index (χ2v) is 3.47. The zero-order chi connectivity index (χ0) is 13.8. The zero-order valence-corrected chi connectivity index (χ0v) is 9.84. The molecule has 1 aromatic rings. The fraction of sp³-hybridized carbons (Fsp3) is 0.0833. The third-order valence-electron chi connectivity index (χ3n) is 2.26. The summed E-state index contributed by atoms with van der Waals surface area (Å²) in [5, 5.41) is 3.67. The van der Waals surface area contributed by atoms with Crippen molar-refractivity contribution in [2.75, 3.05) is 12.5 Å². The molecule has 2 rings (SSSR count).